The number of rotatable bonds is 12. The van der Waals surface area contributed by atoms with Gasteiger partial charge in [-0.15, -0.1) is 0 Å². The van der Waals surface area contributed by atoms with Crippen LogP contribution in [0.5, 0.6) is 0 Å². The van der Waals surface area contributed by atoms with Gasteiger partial charge in [0.1, 0.15) is 31.0 Å². The summed E-state index contributed by atoms with van der Waals surface area (Å²) in [7, 11) is 1.16. The first kappa shape index (κ1) is 27.0. The highest BCUT2D eigenvalue weighted by Crippen LogP contribution is 2.29. The Balaban J connectivity index is 2.50. The lowest BCUT2D eigenvalue weighted by Gasteiger charge is -2.28. The highest BCUT2D eigenvalue weighted by molar-refractivity contribution is 5.89. The van der Waals surface area contributed by atoms with Crippen molar-refractivity contribution in [3.05, 3.63) is 12.2 Å². The van der Waals surface area contributed by atoms with Crippen molar-refractivity contribution in [2.24, 2.45) is 11.3 Å². The Morgan fingerprint density at radius 1 is 1.10 bits per heavy atom. The molecule has 0 heterocycles. The lowest BCUT2D eigenvalue weighted by molar-refractivity contribution is -0.150. The van der Waals surface area contributed by atoms with Crippen molar-refractivity contribution in [3.8, 4) is 0 Å². The number of carbonyl (C=O) groups excluding carboxylic acids is 3. The molecule has 0 aromatic heterocycles. The molecule has 0 radical (unpaired) electrons. The number of hydrogen-bond acceptors (Lipinski definition) is 8. The average molecular weight is 445 g/mol. The highest BCUT2D eigenvalue weighted by Gasteiger charge is 2.36. The zero-order chi connectivity index (χ0) is 23.8. The Labute approximate surface area is 183 Å². The van der Waals surface area contributed by atoms with E-state index in [0.717, 1.165) is 20.0 Å². The Morgan fingerprint density at radius 2 is 1.71 bits per heavy atom. The van der Waals surface area contributed by atoms with E-state index < -0.39 is 42.3 Å². The summed E-state index contributed by atoms with van der Waals surface area (Å²) in [6.07, 6.45) is -1.67. The summed E-state index contributed by atoms with van der Waals surface area (Å²) in [5, 5.41) is 35.4. The molecule has 1 rings (SSSR count). The number of nitrogens with one attached hydrogen (secondary N) is 2. The normalized spacial score (nSPS) is 19.2. The molecule has 1 aliphatic carbocycles. The van der Waals surface area contributed by atoms with Gasteiger partial charge in [-0.2, -0.15) is 0 Å². The average Bonchev–Trinajstić information content (AvgIpc) is 3.53. The molecule has 1 saturated carbocycles. The van der Waals surface area contributed by atoms with Crippen molar-refractivity contribution >= 4 is 17.8 Å². The topological polar surface area (TPSA) is 154 Å². The molecule has 1 fully saturated rings. The van der Waals surface area contributed by atoms with Crippen LogP contribution in [0.4, 0.5) is 0 Å². The number of carbonyl (C=O) groups is 3. The number of methoxy groups -OCH3 is 1. The maximum Gasteiger partial charge on any atom is 0.308 e. The standard InChI is InChI=1S/C21H36N2O8/c1-12(18(27)22-10-11-31-20(29)13-6-7-13)23-19(28)17(30-5)16(26)15(25)14(24)8-9-21(2,3)4/h8-9,12-17,24-26H,6-7,10-11H2,1-5H3,(H,22,27)(H,23,28)/t12-,14+,15-,16+,17+/m0/s1. The van der Waals surface area contributed by atoms with Gasteiger partial charge in [0.2, 0.25) is 5.91 Å². The zero-order valence-corrected chi connectivity index (χ0v) is 18.8. The summed E-state index contributed by atoms with van der Waals surface area (Å²) >= 11 is 0. The summed E-state index contributed by atoms with van der Waals surface area (Å²) in [5.74, 6) is -1.65. The minimum absolute atomic E-state index is 0.0239. The minimum atomic E-state index is -1.73. The first-order valence-electron chi connectivity index (χ1n) is 10.4. The molecule has 31 heavy (non-hydrogen) atoms. The molecule has 0 saturated heterocycles. The molecule has 10 nitrogen and oxygen atoms in total. The van der Waals surface area contributed by atoms with Gasteiger partial charge in [0, 0.05) is 7.11 Å². The van der Waals surface area contributed by atoms with E-state index in [1.54, 1.807) is 6.08 Å². The number of amides is 2. The van der Waals surface area contributed by atoms with E-state index in [1.165, 1.54) is 13.0 Å². The Kier molecular flexibility index (Phi) is 10.6. The van der Waals surface area contributed by atoms with Crippen molar-refractivity contribution in [3.63, 3.8) is 0 Å². The first-order chi connectivity index (χ1) is 14.4. The molecule has 10 heteroatoms. The minimum Gasteiger partial charge on any atom is -0.464 e. The summed E-state index contributed by atoms with van der Waals surface area (Å²) in [6, 6.07) is -0.973. The fourth-order valence-corrected chi connectivity index (χ4v) is 2.56. The van der Waals surface area contributed by atoms with E-state index in [0.29, 0.717) is 0 Å². The maximum atomic E-state index is 12.4. The third-order valence-electron chi connectivity index (χ3n) is 4.62. The number of hydrogen-bond donors (Lipinski definition) is 5. The molecule has 0 aliphatic heterocycles. The summed E-state index contributed by atoms with van der Waals surface area (Å²) < 4.78 is 9.98. The number of esters is 1. The van der Waals surface area contributed by atoms with Crippen LogP contribution in [-0.2, 0) is 23.9 Å². The Morgan fingerprint density at radius 3 is 2.23 bits per heavy atom. The van der Waals surface area contributed by atoms with Crippen LogP contribution < -0.4 is 10.6 Å². The second kappa shape index (κ2) is 12.1. The van der Waals surface area contributed by atoms with Gasteiger partial charge in [-0.1, -0.05) is 32.9 Å². The fourth-order valence-electron chi connectivity index (χ4n) is 2.56. The zero-order valence-electron chi connectivity index (χ0n) is 18.8. The van der Waals surface area contributed by atoms with Crippen LogP contribution in [0.25, 0.3) is 0 Å². The van der Waals surface area contributed by atoms with Crippen LogP contribution in [0.1, 0.15) is 40.5 Å². The Hall–Kier alpha value is -2.01. The molecule has 0 spiro atoms. The van der Waals surface area contributed by atoms with Crippen LogP contribution >= 0.6 is 0 Å². The summed E-state index contributed by atoms with van der Waals surface area (Å²) in [5.41, 5.74) is -0.247. The van der Waals surface area contributed by atoms with Crippen molar-refractivity contribution < 1.29 is 39.2 Å². The van der Waals surface area contributed by atoms with Gasteiger partial charge < -0.3 is 35.4 Å². The number of aliphatic hydroxyl groups excluding tert-OH is 3. The lowest BCUT2D eigenvalue weighted by atomic mass is 9.94. The molecule has 178 valence electrons. The molecule has 5 atom stereocenters. The van der Waals surface area contributed by atoms with Gasteiger partial charge in [-0.3, -0.25) is 14.4 Å². The molecule has 2 amide bonds. The second-order valence-corrected chi connectivity index (χ2v) is 8.82. The van der Waals surface area contributed by atoms with Gasteiger partial charge in [-0.25, -0.2) is 0 Å². The van der Waals surface area contributed by atoms with E-state index in [4.69, 9.17) is 9.47 Å². The molecular formula is C21H36N2O8. The molecular weight excluding hydrogens is 408 g/mol. The van der Waals surface area contributed by atoms with Crippen molar-refractivity contribution in [2.45, 2.75) is 71.0 Å². The van der Waals surface area contributed by atoms with E-state index in [9.17, 15) is 29.7 Å². The van der Waals surface area contributed by atoms with Gasteiger partial charge in [-0.05, 0) is 25.2 Å². The van der Waals surface area contributed by atoms with E-state index in [-0.39, 0.29) is 30.5 Å². The van der Waals surface area contributed by atoms with Crippen molar-refractivity contribution in [1.29, 1.82) is 0 Å². The number of allylic oxidation sites excluding steroid dienone is 1. The second-order valence-electron chi connectivity index (χ2n) is 8.82. The number of ether oxygens (including phenoxy) is 2. The van der Waals surface area contributed by atoms with Gasteiger partial charge in [0.05, 0.1) is 12.5 Å². The Bertz CT molecular complexity index is 642. The van der Waals surface area contributed by atoms with E-state index in [1.807, 2.05) is 20.8 Å². The lowest BCUT2D eigenvalue weighted by Crippen LogP contribution is -2.55. The van der Waals surface area contributed by atoms with Crippen LogP contribution in [0, 0.1) is 11.3 Å². The largest absolute Gasteiger partial charge is 0.464 e. The molecule has 0 bridgehead atoms. The first-order valence-corrected chi connectivity index (χ1v) is 10.4. The predicted molar refractivity (Wildman–Crippen MR) is 112 cm³/mol. The quantitative estimate of drug-likeness (QED) is 0.150. The van der Waals surface area contributed by atoms with Crippen LogP contribution in [-0.4, -0.2) is 83.8 Å². The SMILES string of the molecule is CO[C@@H](C(=O)N[C@@H](C)C(=O)NCCOC(=O)C1CC1)[C@H](O)[C@@H](O)[C@H](O)C=CC(C)(C)C. The van der Waals surface area contributed by atoms with E-state index in [2.05, 4.69) is 10.6 Å². The molecule has 0 unspecified atom stereocenters. The van der Waals surface area contributed by atoms with Gasteiger partial charge in [0.15, 0.2) is 6.10 Å². The third-order valence-corrected chi connectivity index (χ3v) is 4.62. The third kappa shape index (κ3) is 9.77. The number of aliphatic hydroxyl groups is 3. The molecule has 0 aromatic rings. The monoisotopic (exact) mass is 444 g/mol. The summed E-state index contributed by atoms with van der Waals surface area (Å²) in [6.45, 7) is 7.25. The maximum absolute atomic E-state index is 12.4. The highest BCUT2D eigenvalue weighted by atomic mass is 16.5. The van der Waals surface area contributed by atoms with Crippen LogP contribution in [0.3, 0.4) is 0 Å². The molecule has 0 aromatic carbocycles. The summed E-state index contributed by atoms with van der Waals surface area (Å²) in [4.78, 5) is 35.9. The van der Waals surface area contributed by atoms with Crippen LogP contribution in [0.15, 0.2) is 12.2 Å². The van der Waals surface area contributed by atoms with Crippen molar-refractivity contribution in [1.82, 2.24) is 10.6 Å². The van der Waals surface area contributed by atoms with Crippen molar-refractivity contribution in [2.75, 3.05) is 20.3 Å². The molecule has 5 N–H and O–H groups in total. The van der Waals surface area contributed by atoms with Gasteiger partial charge in [0.25, 0.3) is 5.91 Å². The van der Waals surface area contributed by atoms with Gasteiger partial charge >= 0.3 is 5.97 Å². The van der Waals surface area contributed by atoms with Crippen LogP contribution in [0.2, 0.25) is 0 Å². The fraction of sp³-hybridized carbons (Fsp3) is 0.762. The smallest absolute Gasteiger partial charge is 0.308 e. The predicted octanol–water partition coefficient (Wildman–Crippen LogP) is -0.739. The van der Waals surface area contributed by atoms with E-state index >= 15 is 0 Å². The molecule has 1 aliphatic rings.